The van der Waals surface area contributed by atoms with E-state index in [-0.39, 0.29) is 23.3 Å². The topological polar surface area (TPSA) is 80.5 Å². The van der Waals surface area contributed by atoms with Crippen molar-refractivity contribution in [1.82, 2.24) is 15.0 Å². The van der Waals surface area contributed by atoms with E-state index in [0.717, 1.165) is 18.6 Å². The summed E-state index contributed by atoms with van der Waals surface area (Å²) in [6.07, 6.45) is 1.40. The van der Waals surface area contributed by atoms with Crippen LogP contribution in [0.5, 0.6) is 5.75 Å². The first-order chi connectivity index (χ1) is 14.0. The van der Waals surface area contributed by atoms with E-state index in [1.807, 2.05) is 0 Å². The molecule has 0 spiro atoms. The molecule has 150 valence electrons. The highest BCUT2D eigenvalue weighted by molar-refractivity contribution is 5.90. The molecule has 2 heterocycles. The summed E-state index contributed by atoms with van der Waals surface area (Å²) in [4.78, 5) is 18.6. The van der Waals surface area contributed by atoms with Crippen molar-refractivity contribution in [2.24, 2.45) is 0 Å². The van der Waals surface area contributed by atoms with Crippen molar-refractivity contribution in [1.29, 1.82) is 0 Å². The van der Waals surface area contributed by atoms with Gasteiger partial charge >= 0.3 is 6.03 Å². The Kier molecular flexibility index (Phi) is 5.11. The number of urea groups is 1. The van der Waals surface area contributed by atoms with Gasteiger partial charge in [0.05, 0.1) is 12.7 Å². The van der Waals surface area contributed by atoms with Crippen LogP contribution in [0.25, 0.3) is 11.4 Å². The molecule has 0 saturated carbocycles. The fourth-order valence-electron chi connectivity index (χ4n) is 3.31. The number of likely N-dealkylation sites (tertiary alicyclic amines) is 1. The fourth-order valence-corrected chi connectivity index (χ4v) is 3.31. The first-order valence-electron chi connectivity index (χ1n) is 9.06. The standard InChI is InChI=1S/C20H18F2N4O3/c1-28-14-5-2-4-13(11-14)23-20(27)26-9-3-6-17(26)19-24-18(25-29-19)15-8-7-12(21)10-16(15)22/h2,4-5,7-8,10-11,17H,3,6,9H2,1H3,(H,23,27)/t17-/m0/s1. The van der Waals surface area contributed by atoms with Crippen LogP contribution < -0.4 is 10.1 Å². The quantitative estimate of drug-likeness (QED) is 0.702. The second-order valence-corrected chi connectivity index (χ2v) is 6.59. The van der Waals surface area contributed by atoms with Gasteiger partial charge in [0.1, 0.15) is 23.4 Å². The maximum Gasteiger partial charge on any atom is 0.322 e. The highest BCUT2D eigenvalue weighted by Gasteiger charge is 2.34. The third kappa shape index (κ3) is 3.89. The predicted octanol–water partition coefficient (Wildman–Crippen LogP) is 4.39. The number of hydrogen-bond acceptors (Lipinski definition) is 5. The van der Waals surface area contributed by atoms with Crippen LogP contribution >= 0.6 is 0 Å². The number of nitrogens with one attached hydrogen (secondary N) is 1. The monoisotopic (exact) mass is 400 g/mol. The Balaban J connectivity index is 1.52. The molecule has 29 heavy (non-hydrogen) atoms. The maximum absolute atomic E-state index is 14.0. The van der Waals surface area contributed by atoms with Gasteiger partial charge in [0.15, 0.2) is 0 Å². The number of ether oxygens (including phenoxy) is 1. The van der Waals surface area contributed by atoms with Gasteiger partial charge in [-0.15, -0.1) is 0 Å². The average molecular weight is 400 g/mol. The van der Waals surface area contributed by atoms with Crippen LogP contribution in [-0.2, 0) is 0 Å². The van der Waals surface area contributed by atoms with Crippen molar-refractivity contribution >= 4 is 11.7 Å². The lowest BCUT2D eigenvalue weighted by molar-refractivity contribution is 0.193. The van der Waals surface area contributed by atoms with Gasteiger partial charge in [0.25, 0.3) is 0 Å². The molecular formula is C20H18F2N4O3. The Labute approximate surface area is 165 Å². The number of aromatic nitrogens is 2. The van der Waals surface area contributed by atoms with E-state index < -0.39 is 17.7 Å². The van der Waals surface area contributed by atoms with E-state index in [2.05, 4.69) is 15.5 Å². The van der Waals surface area contributed by atoms with Gasteiger partial charge in [0.2, 0.25) is 11.7 Å². The van der Waals surface area contributed by atoms with Gasteiger partial charge in [-0.05, 0) is 37.1 Å². The first-order valence-corrected chi connectivity index (χ1v) is 9.06. The van der Waals surface area contributed by atoms with E-state index in [0.29, 0.717) is 24.4 Å². The molecule has 1 saturated heterocycles. The molecule has 1 aromatic heterocycles. The Hall–Kier alpha value is -3.49. The molecule has 1 aliphatic rings. The number of carbonyl (C=O) groups is 1. The summed E-state index contributed by atoms with van der Waals surface area (Å²) < 4.78 is 37.6. The summed E-state index contributed by atoms with van der Waals surface area (Å²) in [5.41, 5.74) is 0.631. The number of methoxy groups -OCH3 is 1. The number of benzene rings is 2. The van der Waals surface area contributed by atoms with Crippen LogP contribution in [0.2, 0.25) is 0 Å². The lowest BCUT2D eigenvalue weighted by Crippen LogP contribution is -2.34. The summed E-state index contributed by atoms with van der Waals surface area (Å²) in [6.45, 7) is 0.517. The minimum absolute atomic E-state index is 0.0116. The zero-order valence-corrected chi connectivity index (χ0v) is 15.6. The molecule has 0 unspecified atom stereocenters. The molecule has 4 rings (SSSR count). The van der Waals surface area contributed by atoms with Gasteiger partial charge in [-0.3, -0.25) is 0 Å². The summed E-state index contributed by atoms with van der Waals surface area (Å²) in [5, 5.41) is 6.63. The van der Waals surface area contributed by atoms with Crippen molar-refractivity contribution in [3.63, 3.8) is 0 Å². The molecule has 1 fully saturated rings. The van der Waals surface area contributed by atoms with Gasteiger partial charge in [0, 0.05) is 24.4 Å². The fraction of sp³-hybridized carbons (Fsp3) is 0.250. The van der Waals surface area contributed by atoms with E-state index >= 15 is 0 Å². The molecule has 1 N–H and O–H groups in total. The highest BCUT2D eigenvalue weighted by atomic mass is 19.1. The number of hydrogen-bond donors (Lipinski definition) is 1. The largest absolute Gasteiger partial charge is 0.497 e. The molecule has 7 nitrogen and oxygen atoms in total. The molecule has 0 radical (unpaired) electrons. The smallest absolute Gasteiger partial charge is 0.322 e. The van der Waals surface area contributed by atoms with Crippen molar-refractivity contribution in [2.45, 2.75) is 18.9 Å². The van der Waals surface area contributed by atoms with Crippen LogP contribution in [0, 0.1) is 11.6 Å². The number of anilines is 1. The van der Waals surface area contributed by atoms with Crippen molar-refractivity contribution in [2.75, 3.05) is 19.0 Å². The summed E-state index contributed by atoms with van der Waals surface area (Å²) in [5.74, 6) is -0.620. The second-order valence-electron chi connectivity index (χ2n) is 6.59. The van der Waals surface area contributed by atoms with Crippen LogP contribution in [0.15, 0.2) is 47.0 Å². The third-order valence-corrected chi connectivity index (χ3v) is 4.73. The van der Waals surface area contributed by atoms with Gasteiger partial charge in [-0.25, -0.2) is 13.6 Å². The maximum atomic E-state index is 14.0. The number of halogens is 2. The number of rotatable bonds is 4. The van der Waals surface area contributed by atoms with E-state index in [1.54, 1.807) is 36.3 Å². The lowest BCUT2D eigenvalue weighted by atomic mass is 10.2. The van der Waals surface area contributed by atoms with Gasteiger partial charge < -0.3 is 19.5 Å². The highest BCUT2D eigenvalue weighted by Crippen LogP contribution is 2.33. The van der Waals surface area contributed by atoms with Crippen molar-refractivity contribution < 1.29 is 22.8 Å². The normalized spacial score (nSPS) is 16.1. The number of nitrogens with zero attached hydrogens (tertiary/aromatic N) is 3. The minimum Gasteiger partial charge on any atom is -0.497 e. The van der Waals surface area contributed by atoms with Crippen molar-refractivity contribution in [3.05, 3.63) is 60.0 Å². The zero-order chi connectivity index (χ0) is 20.4. The Morgan fingerprint density at radius 3 is 2.93 bits per heavy atom. The van der Waals surface area contributed by atoms with Crippen LogP contribution in [0.1, 0.15) is 24.8 Å². The first kappa shape index (κ1) is 18.9. The predicted molar refractivity (Wildman–Crippen MR) is 100 cm³/mol. The molecule has 2 aromatic carbocycles. The van der Waals surface area contributed by atoms with E-state index in [1.165, 1.54) is 6.07 Å². The number of amides is 2. The molecule has 3 aromatic rings. The van der Waals surface area contributed by atoms with E-state index in [4.69, 9.17) is 9.26 Å². The summed E-state index contributed by atoms with van der Waals surface area (Å²) in [6, 6.07) is 9.42. The molecule has 0 aliphatic carbocycles. The van der Waals surface area contributed by atoms with Crippen LogP contribution in [0.3, 0.4) is 0 Å². The zero-order valence-electron chi connectivity index (χ0n) is 15.6. The van der Waals surface area contributed by atoms with E-state index in [9.17, 15) is 13.6 Å². The van der Waals surface area contributed by atoms with Crippen molar-refractivity contribution in [3.8, 4) is 17.1 Å². The van der Waals surface area contributed by atoms with Crippen LogP contribution in [0.4, 0.5) is 19.3 Å². The molecule has 2 amide bonds. The Morgan fingerprint density at radius 1 is 1.28 bits per heavy atom. The molecule has 9 heteroatoms. The second kappa shape index (κ2) is 7.86. The SMILES string of the molecule is COc1cccc(NC(=O)N2CCC[C@H]2c2nc(-c3ccc(F)cc3F)no2)c1. The summed E-state index contributed by atoms with van der Waals surface area (Å²) >= 11 is 0. The molecule has 1 aliphatic heterocycles. The molecule has 0 bridgehead atoms. The Morgan fingerprint density at radius 2 is 2.14 bits per heavy atom. The minimum atomic E-state index is -0.781. The number of carbonyl (C=O) groups excluding carboxylic acids is 1. The third-order valence-electron chi connectivity index (χ3n) is 4.73. The average Bonchev–Trinajstić information content (AvgIpc) is 3.37. The lowest BCUT2D eigenvalue weighted by Gasteiger charge is -2.22. The Bertz CT molecular complexity index is 1040. The van der Waals surface area contributed by atoms with Gasteiger partial charge in [-0.1, -0.05) is 11.2 Å². The molecular weight excluding hydrogens is 382 g/mol. The summed E-state index contributed by atoms with van der Waals surface area (Å²) in [7, 11) is 1.55. The van der Waals surface area contributed by atoms with Crippen LogP contribution in [-0.4, -0.2) is 34.7 Å². The van der Waals surface area contributed by atoms with Gasteiger partial charge in [-0.2, -0.15) is 4.98 Å². The molecule has 1 atom stereocenters.